The van der Waals surface area contributed by atoms with Gasteiger partial charge in [-0.2, -0.15) is 0 Å². The highest BCUT2D eigenvalue weighted by molar-refractivity contribution is 5.84. The standard InChI is InChI=1S/C10H16N2O4/c1-2-7-3-4-12(8(7)6-13)9(14)5-11-10(15)16/h6-8,11H,2-5H2,1H3,(H,15,16). The van der Waals surface area contributed by atoms with E-state index in [4.69, 9.17) is 5.11 Å². The Morgan fingerprint density at radius 3 is 2.75 bits per heavy atom. The monoisotopic (exact) mass is 228 g/mol. The molecule has 6 heteroatoms. The second kappa shape index (κ2) is 5.48. The van der Waals surface area contributed by atoms with Gasteiger partial charge in [0.1, 0.15) is 12.8 Å². The molecule has 0 bridgehead atoms. The predicted octanol–water partition coefficient (Wildman–Crippen LogP) is 0.0800. The molecule has 0 aromatic heterocycles. The molecule has 90 valence electrons. The first-order valence-electron chi connectivity index (χ1n) is 5.31. The number of likely N-dealkylation sites (tertiary alicyclic amines) is 1. The number of hydrogen-bond acceptors (Lipinski definition) is 3. The van der Waals surface area contributed by atoms with Crippen LogP contribution in [0.4, 0.5) is 4.79 Å². The third kappa shape index (κ3) is 2.71. The van der Waals surface area contributed by atoms with Gasteiger partial charge in [0.2, 0.25) is 5.91 Å². The van der Waals surface area contributed by atoms with E-state index < -0.39 is 12.1 Å². The van der Waals surface area contributed by atoms with E-state index in [1.165, 1.54) is 4.90 Å². The zero-order valence-corrected chi connectivity index (χ0v) is 9.18. The van der Waals surface area contributed by atoms with Gasteiger partial charge in [-0.05, 0) is 12.3 Å². The van der Waals surface area contributed by atoms with Crippen molar-refractivity contribution in [3.05, 3.63) is 0 Å². The summed E-state index contributed by atoms with van der Waals surface area (Å²) in [7, 11) is 0. The SMILES string of the molecule is CCC1CCN(C(=O)CNC(=O)O)C1C=O. The number of amides is 2. The smallest absolute Gasteiger partial charge is 0.405 e. The van der Waals surface area contributed by atoms with Crippen molar-refractivity contribution in [1.82, 2.24) is 10.2 Å². The lowest BCUT2D eigenvalue weighted by Gasteiger charge is -2.22. The number of nitrogens with zero attached hydrogens (tertiary/aromatic N) is 1. The van der Waals surface area contributed by atoms with Crippen molar-refractivity contribution >= 4 is 18.3 Å². The molecule has 0 aromatic carbocycles. The van der Waals surface area contributed by atoms with E-state index >= 15 is 0 Å². The summed E-state index contributed by atoms with van der Waals surface area (Å²) >= 11 is 0. The zero-order chi connectivity index (χ0) is 12.1. The molecular formula is C10H16N2O4. The first-order chi connectivity index (χ1) is 7.60. The fraction of sp³-hybridized carbons (Fsp3) is 0.700. The maximum Gasteiger partial charge on any atom is 0.405 e. The molecule has 2 amide bonds. The van der Waals surface area contributed by atoms with E-state index in [0.29, 0.717) is 6.54 Å². The molecule has 0 saturated carbocycles. The summed E-state index contributed by atoms with van der Waals surface area (Å²) in [5, 5.41) is 10.4. The fourth-order valence-corrected chi connectivity index (χ4v) is 2.05. The molecule has 16 heavy (non-hydrogen) atoms. The quantitative estimate of drug-likeness (QED) is 0.667. The lowest BCUT2D eigenvalue weighted by atomic mass is 9.99. The minimum absolute atomic E-state index is 0.200. The average molecular weight is 228 g/mol. The summed E-state index contributed by atoms with van der Waals surface area (Å²) in [5.41, 5.74) is 0. The van der Waals surface area contributed by atoms with Crippen LogP contribution in [0.25, 0.3) is 0 Å². The van der Waals surface area contributed by atoms with Gasteiger partial charge in [-0.1, -0.05) is 13.3 Å². The number of hydrogen-bond donors (Lipinski definition) is 2. The molecule has 1 aliphatic heterocycles. The summed E-state index contributed by atoms with van der Waals surface area (Å²) in [6, 6.07) is -0.395. The largest absolute Gasteiger partial charge is 0.465 e. The Balaban J connectivity index is 2.55. The average Bonchev–Trinajstić information content (AvgIpc) is 2.68. The highest BCUT2D eigenvalue weighted by atomic mass is 16.4. The lowest BCUT2D eigenvalue weighted by Crippen LogP contribution is -2.44. The van der Waals surface area contributed by atoms with Crippen molar-refractivity contribution in [3.63, 3.8) is 0 Å². The maximum absolute atomic E-state index is 11.6. The van der Waals surface area contributed by atoms with E-state index in [2.05, 4.69) is 0 Å². The molecule has 2 N–H and O–H groups in total. The molecule has 0 aliphatic carbocycles. The van der Waals surface area contributed by atoms with E-state index in [1.54, 1.807) is 0 Å². The Hall–Kier alpha value is -1.59. The Bertz CT molecular complexity index is 293. The zero-order valence-electron chi connectivity index (χ0n) is 9.18. The van der Waals surface area contributed by atoms with Crippen molar-refractivity contribution in [3.8, 4) is 0 Å². The van der Waals surface area contributed by atoms with Gasteiger partial charge in [-0.3, -0.25) is 4.79 Å². The van der Waals surface area contributed by atoms with Crippen molar-refractivity contribution in [2.24, 2.45) is 5.92 Å². The van der Waals surface area contributed by atoms with Gasteiger partial charge in [0, 0.05) is 6.54 Å². The molecule has 0 radical (unpaired) electrons. The van der Waals surface area contributed by atoms with E-state index in [1.807, 2.05) is 12.2 Å². The van der Waals surface area contributed by atoms with Crippen LogP contribution in [0.2, 0.25) is 0 Å². The Labute approximate surface area is 93.6 Å². The highest BCUT2D eigenvalue weighted by Crippen LogP contribution is 2.25. The molecule has 1 aliphatic rings. The van der Waals surface area contributed by atoms with Crippen LogP contribution in [0.5, 0.6) is 0 Å². The molecule has 0 aromatic rings. The fourth-order valence-electron chi connectivity index (χ4n) is 2.05. The highest BCUT2D eigenvalue weighted by Gasteiger charge is 2.35. The van der Waals surface area contributed by atoms with Crippen LogP contribution in [0.15, 0.2) is 0 Å². The molecule has 1 saturated heterocycles. The third-order valence-corrected chi connectivity index (χ3v) is 2.96. The topological polar surface area (TPSA) is 86.7 Å². The minimum Gasteiger partial charge on any atom is -0.465 e. The number of aldehydes is 1. The Morgan fingerprint density at radius 1 is 1.56 bits per heavy atom. The van der Waals surface area contributed by atoms with Gasteiger partial charge in [0.15, 0.2) is 0 Å². The molecule has 1 rings (SSSR count). The first-order valence-corrected chi connectivity index (χ1v) is 5.31. The van der Waals surface area contributed by atoms with Gasteiger partial charge >= 0.3 is 6.09 Å². The number of rotatable bonds is 4. The van der Waals surface area contributed by atoms with Gasteiger partial charge in [0.05, 0.1) is 6.04 Å². The van der Waals surface area contributed by atoms with Crippen LogP contribution in [-0.4, -0.2) is 47.4 Å². The summed E-state index contributed by atoms with van der Waals surface area (Å²) in [6.45, 7) is 2.24. The van der Waals surface area contributed by atoms with Crippen LogP contribution in [-0.2, 0) is 9.59 Å². The molecule has 1 fully saturated rings. The summed E-state index contributed by atoms with van der Waals surface area (Å²) in [6.07, 6.45) is 1.19. The predicted molar refractivity (Wildman–Crippen MR) is 56.0 cm³/mol. The molecule has 1 heterocycles. The van der Waals surface area contributed by atoms with Gasteiger partial charge in [0.25, 0.3) is 0 Å². The van der Waals surface area contributed by atoms with Crippen LogP contribution in [0, 0.1) is 5.92 Å². The van der Waals surface area contributed by atoms with Crippen LogP contribution < -0.4 is 5.32 Å². The van der Waals surface area contributed by atoms with Crippen molar-refractivity contribution in [2.45, 2.75) is 25.8 Å². The summed E-state index contributed by atoms with van der Waals surface area (Å²) < 4.78 is 0. The van der Waals surface area contributed by atoms with E-state index in [9.17, 15) is 14.4 Å². The minimum atomic E-state index is -1.23. The normalized spacial score (nSPS) is 24.2. The van der Waals surface area contributed by atoms with Crippen LogP contribution in [0.3, 0.4) is 0 Å². The van der Waals surface area contributed by atoms with Gasteiger partial charge < -0.3 is 20.1 Å². The molecular weight excluding hydrogens is 212 g/mol. The molecule has 0 spiro atoms. The second-order valence-corrected chi connectivity index (χ2v) is 3.83. The summed E-state index contributed by atoms with van der Waals surface area (Å²) in [4.78, 5) is 34.2. The first kappa shape index (κ1) is 12.5. The van der Waals surface area contributed by atoms with Gasteiger partial charge in [-0.15, -0.1) is 0 Å². The number of carbonyl (C=O) groups is 3. The number of carbonyl (C=O) groups excluding carboxylic acids is 2. The molecule has 2 unspecified atom stereocenters. The van der Waals surface area contributed by atoms with Crippen molar-refractivity contribution < 1.29 is 19.5 Å². The van der Waals surface area contributed by atoms with Crippen LogP contribution >= 0.6 is 0 Å². The maximum atomic E-state index is 11.6. The van der Waals surface area contributed by atoms with Gasteiger partial charge in [-0.25, -0.2) is 4.79 Å². The van der Waals surface area contributed by atoms with E-state index in [0.717, 1.165) is 19.1 Å². The number of nitrogens with one attached hydrogen (secondary N) is 1. The van der Waals surface area contributed by atoms with Crippen molar-refractivity contribution in [1.29, 1.82) is 0 Å². The molecule has 2 atom stereocenters. The Kier molecular flexibility index (Phi) is 4.28. The molecule has 6 nitrogen and oxygen atoms in total. The van der Waals surface area contributed by atoms with Crippen LogP contribution in [0.1, 0.15) is 19.8 Å². The summed E-state index contributed by atoms with van der Waals surface area (Å²) in [5.74, 6) is -0.137. The number of carboxylic acid groups (broad SMARTS) is 1. The lowest BCUT2D eigenvalue weighted by molar-refractivity contribution is -0.134. The van der Waals surface area contributed by atoms with Crippen molar-refractivity contribution in [2.75, 3.05) is 13.1 Å². The second-order valence-electron chi connectivity index (χ2n) is 3.83. The van der Waals surface area contributed by atoms with E-state index in [-0.39, 0.29) is 18.4 Å². The Morgan fingerprint density at radius 2 is 2.25 bits per heavy atom. The third-order valence-electron chi connectivity index (χ3n) is 2.96.